The molecule has 0 aromatic carbocycles. The fraction of sp³-hybridized carbons (Fsp3) is 0.438. The van der Waals surface area contributed by atoms with Gasteiger partial charge in [0.05, 0.1) is 6.61 Å². The Kier molecular flexibility index (Phi) is 5.63. The minimum absolute atomic E-state index is 0.0968. The summed E-state index contributed by atoms with van der Waals surface area (Å²) in [5, 5.41) is 0. The highest BCUT2D eigenvalue weighted by Crippen LogP contribution is 2.29. The molecule has 0 spiro atoms. The first-order valence-corrected chi connectivity index (χ1v) is 6.40. The number of rotatable bonds is 6. The molecule has 0 aromatic rings. The maximum Gasteiger partial charge on any atom is 0.115 e. The van der Waals surface area contributed by atoms with Gasteiger partial charge in [-0.25, -0.2) is 0 Å². The Morgan fingerprint density at radius 2 is 2.28 bits per heavy atom. The summed E-state index contributed by atoms with van der Waals surface area (Å²) in [5.41, 5.74) is 0.987. The average molecular weight is 245 g/mol. The van der Waals surface area contributed by atoms with E-state index in [2.05, 4.69) is 37.6 Å². The molecule has 2 nitrogen and oxygen atoms in total. The van der Waals surface area contributed by atoms with Crippen LogP contribution in [0.5, 0.6) is 0 Å². The second-order valence-corrected chi connectivity index (χ2v) is 4.95. The number of hydrogen-bond acceptors (Lipinski definition) is 2. The van der Waals surface area contributed by atoms with Crippen LogP contribution >= 0.6 is 0 Å². The van der Waals surface area contributed by atoms with Crippen LogP contribution in [0.2, 0.25) is 0 Å². The van der Waals surface area contributed by atoms with Crippen LogP contribution in [0.4, 0.5) is 0 Å². The summed E-state index contributed by atoms with van der Waals surface area (Å²) in [6.45, 7) is 10.7. The molecule has 18 heavy (non-hydrogen) atoms. The van der Waals surface area contributed by atoms with Crippen molar-refractivity contribution >= 4 is 6.21 Å². The number of ether oxygens (including phenoxy) is 1. The van der Waals surface area contributed by atoms with Crippen LogP contribution in [0.15, 0.2) is 53.4 Å². The Morgan fingerprint density at radius 1 is 1.50 bits per heavy atom. The van der Waals surface area contributed by atoms with E-state index in [1.165, 1.54) is 0 Å². The number of allylic oxidation sites excluding steroid dienone is 4. The van der Waals surface area contributed by atoms with Crippen LogP contribution in [0.3, 0.4) is 0 Å². The van der Waals surface area contributed by atoms with Gasteiger partial charge in [0.2, 0.25) is 0 Å². The standard InChI is InChI=1S/C16H23NO/c1-5-14(12-17-6-2)16(3,4)13-18-15-10-8-7-9-11-15/h5-6,8,10-12H,1,7,9,13H2,2-4H3/b14-12+,17-6?. The van der Waals surface area contributed by atoms with Crippen molar-refractivity contribution in [2.75, 3.05) is 6.61 Å². The molecule has 0 aromatic heterocycles. The fourth-order valence-corrected chi connectivity index (χ4v) is 1.70. The molecular weight excluding hydrogens is 222 g/mol. The molecular formula is C16H23NO. The molecule has 0 amide bonds. The van der Waals surface area contributed by atoms with Crippen LogP contribution in [-0.4, -0.2) is 12.8 Å². The van der Waals surface area contributed by atoms with Gasteiger partial charge in [-0.3, -0.25) is 4.99 Å². The van der Waals surface area contributed by atoms with Crippen LogP contribution < -0.4 is 0 Å². The van der Waals surface area contributed by atoms with Gasteiger partial charge in [0.15, 0.2) is 0 Å². The summed E-state index contributed by atoms with van der Waals surface area (Å²) in [4.78, 5) is 4.16. The van der Waals surface area contributed by atoms with E-state index in [-0.39, 0.29) is 5.41 Å². The van der Waals surface area contributed by atoms with Gasteiger partial charge in [0, 0.05) is 17.8 Å². The van der Waals surface area contributed by atoms with Gasteiger partial charge < -0.3 is 4.74 Å². The first-order chi connectivity index (χ1) is 8.60. The highest BCUT2D eigenvalue weighted by atomic mass is 16.5. The minimum Gasteiger partial charge on any atom is -0.493 e. The fourth-order valence-electron chi connectivity index (χ4n) is 1.70. The summed E-state index contributed by atoms with van der Waals surface area (Å²) in [6.07, 6.45) is 14.0. The van der Waals surface area contributed by atoms with Gasteiger partial charge in [0.1, 0.15) is 5.76 Å². The van der Waals surface area contributed by atoms with Crippen molar-refractivity contribution in [1.29, 1.82) is 0 Å². The van der Waals surface area contributed by atoms with E-state index in [9.17, 15) is 0 Å². The largest absolute Gasteiger partial charge is 0.493 e. The first-order valence-electron chi connectivity index (χ1n) is 6.40. The second kappa shape index (κ2) is 7.00. The van der Waals surface area contributed by atoms with Gasteiger partial charge in [0.25, 0.3) is 0 Å². The van der Waals surface area contributed by atoms with Crippen molar-refractivity contribution < 1.29 is 4.74 Å². The summed E-state index contributed by atoms with van der Waals surface area (Å²) in [6, 6.07) is 0. The molecule has 0 saturated carbocycles. The maximum atomic E-state index is 5.84. The van der Waals surface area contributed by atoms with Crippen molar-refractivity contribution in [2.45, 2.75) is 33.6 Å². The Morgan fingerprint density at radius 3 is 2.83 bits per heavy atom. The van der Waals surface area contributed by atoms with Crippen molar-refractivity contribution in [3.05, 3.63) is 48.4 Å². The molecule has 0 atom stereocenters. The average Bonchev–Trinajstić information content (AvgIpc) is 2.38. The van der Waals surface area contributed by atoms with Crippen LogP contribution in [0.1, 0.15) is 33.6 Å². The van der Waals surface area contributed by atoms with E-state index in [0.717, 1.165) is 24.2 Å². The zero-order chi connectivity index (χ0) is 13.4. The third-order valence-corrected chi connectivity index (χ3v) is 2.92. The first kappa shape index (κ1) is 14.5. The van der Waals surface area contributed by atoms with Gasteiger partial charge in [-0.1, -0.05) is 32.6 Å². The molecule has 0 radical (unpaired) electrons. The lowest BCUT2D eigenvalue weighted by molar-refractivity contribution is 0.146. The molecule has 2 heteroatoms. The van der Waals surface area contributed by atoms with E-state index in [1.807, 2.05) is 25.3 Å². The predicted molar refractivity (Wildman–Crippen MR) is 78.6 cm³/mol. The van der Waals surface area contributed by atoms with E-state index in [0.29, 0.717) is 6.61 Å². The molecule has 0 unspecified atom stereocenters. The molecule has 0 heterocycles. The normalized spacial score (nSPS) is 16.8. The van der Waals surface area contributed by atoms with E-state index in [4.69, 9.17) is 4.74 Å². The Bertz CT molecular complexity index is 397. The molecule has 98 valence electrons. The monoisotopic (exact) mass is 245 g/mol. The SMILES string of the molecule is C=C/C(=C\N=CC)C(C)(C)COC1=CCCC=C1. The zero-order valence-corrected chi connectivity index (χ0v) is 11.6. The quantitative estimate of drug-likeness (QED) is 0.501. The Labute approximate surface area is 110 Å². The summed E-state index contributed by atoms with van der Waals surface area (Å²) >= 11 is 0. The number of aliphatic imine (C=N–C) groups is 1. The van der Waals surface area contributed by atoms with Gasteiger partial charge in [-0.05, 0) is 37.5 Å². The lowest BCUT2D eigenvalue weighted by Gasteiger charge is -2.26. The molecule has 0 fully saturated rings. The molecule has 0 saturated heterocycles. The van der Waals surface area contributed by atoms with E-state index < -0.39 is 0 Å². The molecule has 0 N–H and O–H groups in total. The van der Waals surface area contributed by atoms with Crippen LogP contribution in [0, 0.1) is 5.41 Å². The smallest absolute Gasteiger partial charge is 0.115 e. The van der Waals surface area contributed by atoms with Crippen molar-refractivity contribution in [1.82, 2.24) is 0 Å². The zero-order valence-electron chi connectivity index (χ0n) is 11.6. The second-order valence-electron chi connectivity index (χ2n) is 4.95. The third-order valence-electron chi connectivity index (χ3n) is 2.92. The topological polar surface area (TPSA) is 21.6 Å². The lowest BCUT2D eigenvalue weighted by atomic mass is 9.85. The minimum atomic E-state index is -0.0968. The Hall–Kier alpha value is -1.57. The van der Waals surface area contributed by atoms with E-state index >= 15 is 0 Å². The van der Waals surface area contributed by atoms with Crippen molar-refractivity contribution in [2.24, 2.45) is 10.4 Å². The molecule has 1 aliphatic carbocycles. The van der Waals surface area contributed by atoms with Gasteiger partial charge in [-0.2, -0.15) is 0 Å². The van der Waals surface area contributed by atoms with Gasteiger partial charge in [-0.15, -0.1) is 0 Å². The predicted octanol–water partition coefficient (Wildman–Crippen LogP) is 4.42. The van der Waals surface area contributed by atoms with Gasteiger partial charge >= 0.3 is 0 Å². The molecule has 0 aliphatic heterocycles. The van der Waals surface area contributed by atoms with E-state index in [1.54, 1.807) is 6.21 Å². The molecule has 1 rings (SSSR count). The maximum absolute atomic E-state index is 5.84. The van der Waals surface area contributed by atoms with Crippen molar-refractivity contribution in [3.8, 4) is 0 Å². The highest BCUT2D eigenvalue weighted by Gasteiger charge is 2.22. The van der Waals surface area contributed by atoms with Crippen molar-refractivity contribution in [3.63, 3.8) is 0 Å². The summed E-state index contributed by atoms with van der Waals surface area (Å²) in [5.74, 6) is 0.969. The number of hydrogen-bond donors (Lipinski definition) is 0. The molecule has 1 aliphatic rings. The van der Waals surface area contributed by atoms with Crippen LogP contribution in [0.25, 0.3) is 0 Å². The molecule has 0 bridgehead atoms. The lowest BCUT2D eigenvalue weighted by Crippen LogP contribution is -2.21. The summed E-state index contributed by atoms with van der Waals surface area (Å²) in [7, 11) is 0. The third kappa shape index (κ3) is 4.36. The number of nitrogens with zero attached hydrogens (tertiary/aromatic N) is 1. The van der Waals surface area contributed by atoms with Crippen LogP contribution in [-0.2, 0) is 4.74 Å². The Balaban J connectivity index is 2.65. The summed E-state index contributed by atoms with van der Waals surface area (Å²) < 4.78 is 5.84. The highest BCUT2D eigenvalue weighted by molar-refractivity contribution is 5.54.